The normalized spacial score (nSPS) is 10.7. The van der Waals surface area contributed by atoms with Crippen molar-refractivity contribution >= 4 is 17.2 Å². The summed E-state index contributed by atoms with van der Waals surface area (Å²) in [5, 5.41) is 0.884. The van der Waals surface area contributed by atoms with Gasteiger partial charge in [0.1, 0.15) is 5.75 Å². The Kier molecular flexibility index (Phi) is 3.03. The summed E-state index contributed by atoms with van der Waals surface area (Å²) in [5.74, 6) is 0.740. The number of carbonyl (C=O) groups excluding carboxylic acids is 1. The summed E-state index contributed by atoms with van der Waals surface area (Å²) in [4.78, 5) is 14.8. The van der Waals surface area contributed by atoms with Crippen LogP contribution in [0.2, 0.25) is 0 Å². The molecule has 0 radical (unpaired) electrons. The van der Waals surface area contributed by atoms with E-state index < -0.39 is 0 Å². The summed E-state index contributed by atoms with van der Waals surface area (Å²) < 4.78 is 5.35. The maximum absolute atomic E-state index is 11.5. The third kappa shape index (κ3) is 1.88. The fraction of sp³-hybridized carbons (Fsp3) is 0.118. The number of ether oxygens (including phenoxy) is 1. The first-order valence-electron chi connectivity index (χ1n) is 6.45. The summed E-state index contributed by atoms with van der Waals surface area (Å²) in [6, 6.07) is 13.8. The van der Waals surface area contributed by atoms with Gasteiger partial charge in [0, 0.05) is 10.9 Å². The molecule has 0 aliphatic heterocycles. The fourth-order valence-corrected chi connectivity index (χ4v) is 2.45. The van der Waals surface area contributed by atoms with E-state index in [1.165, 1.54) is 5.56 Å². The zero-order valence-corrected chi connectivity index (χ0v) is 11.4. The Morgan fingerprint density at radius 1 is 1.10 bits per heavy atom. The van der Waals surface area contributed by atoms with Crippen LogP contribution in [0.4, 0.5) is 0 Å². The molecule has 0 fully saturated rings. The van der Waals surface area contributed by atoms with Gasteiger partial charge in [-0.05, 0) is 18.6 Å². The van der Waals surface area contributed by atoms with Crippen LogP contribution in [0.15, 0.2) is 42.5 Å². The molecule has 20 heavy (non-hydrogen) atoms. The first kappa shape index (κ1) is 12.5. The van der Waals surface area contributed by atoms with Crippen molar-refractivity contribution in [2.45, 2.75) is 6.92 Å². The van der Waals surface area contributed by atoms with Gasteiger partial charge in [0.15, 0.2) is 6.29 Å². The van der Waals surface area contributed by atoms with Crippen LogP contribution in [0.25, 0.3) is 22.2 Å². The van der Waals surface area contributed by atoms with Gasteiger partial charge in [0.25, 0.3) is 0 Å². The monoisotopic (exact) mass is 265 g/mol. The second-order valence-electron chi connectivity index (χ2n) is 4.78. The summed E-state index contributed by atoms with van der Waals surface area (Å²) in [6.07, 6.45) is 0.896. The van der Waals surface area contributed by atoms with E-state index in [2.05, 4.69) is 4.98 Å². The quantitative estimate of drug-likeness (QED) is 0.728. The molecule has 0 saturated heterocycles. The van der Waals surface area contributed by atoms with Gasteiger partial charge >= 0.3 is 0 Å². The van der Waals surface area contributed by atoms with E-state index in [9.17, 15) is 4.79 Å². The number of aromatic nitrogens is 1. The number of aryl methyl sites for hydroxylation is 1. The zero-order chi connectivity index (χ0) is 14.1. The first-order valence-corrected chi connectivity index (χ1v) is 6.45. The van der Waals surface area contributed by atoms with Gasteiger partial charge in [0.05, 0.1) is 18.3 Å². The van der Waals surface area contributed by atoms with Crippen molar-refractivity contribution in [3.05, 3.63) is 53.6 Å². The molecule has 3 nitrogen and oxygen atoms in total. The van der Waals surface area contributed by atoms with E-state index >= 15 is 0 Å². The second-order valence-corrected chi connectivity index (χ2v) is 4.78. The van der Waals surface area contributed by atoms with Gasteiger partial charge < -0.3 is 9.72 Å². The number of rotatable bonds is 3. The first-order chi connectivity index (χ1) is 9.74. The van der Waals surface area contributed by atoms with Crippen molar-refractivity contribution in [3.8, 4) is 17.0 Å². The Bertz CT molecular complexity index is 770. The van der Waals surface area contributed by atoms with E-state index in [0.29, 0.717) is 5.56 Å². The Balaban J connectivity index is 2.30. The lowest BCUT2D eigenvalue weighted by molar-refractivity contribution is 0.112. The van der Waals surface area contributed by atoms with Gasteiger partial charge in [-0.1, -0.05) is 42.0 Å². The topological polar surface area (TPSA) is 42.1 Å². The second kappa shape index (κ2) is 4.85. The van der Waals surface area contributed by atoms with Gasteiger partial charge in [-0.2, -0.15) is 0 Å². The lowest BCUT2D eigenvalue weighted by Gasteiger charge is -2.00. The molecular formula is C17H15NO2. The van der Waals surface area contributed by atoms with Crippen LogP contribution in [0.1, 0.15) is 15.9 Å². The number of benzene rings is 2. The fourth-order valence-electron chi connectivity index (χ4n) is 2.45. The average molecular weight is 265 g/mol. The number of aromatic amines is 1. The number of nitrogens with one attached hydrogen (secondary N) is 1. The van der Waals surface area contributed by atoms with Gasteiger partial charge in [-0.25, -0.2) is 0 Å². The molecule has 3 aromatic rings. The zero-order valence-electron chi connectivity index (χ0n) is 11.4. The molecule has 1 heterocycles. The molecule has 2 aromatic carbocycles. The van der Waals surface area contributed by atoms with Crippen molar-refractivity contribution in [1.82, 2.24) is 4.98 Å². The predicted molar refractivity (Wildman–Crippen MR) is 80.4 cm³/mol. The number of H-pyrrole nitrogens is 1. The minimum Gasteiger partial charge on any atom is -0.495 e. The number of methoxy groups -OCH3 is 1. The van der Waals surface area contributed by atoms with Crippen molar-refractivity contribution in [2.75, 3.05) is 7.11 Å². The van der Waals surface area contributed by atoms with Gasteiger partial charge in [0.2, 0.25) is 0 Å². The van der Waals surface area contributed by atoms with Crippen molar-refractivity contribution in [1.29, 1.82) is 0 Å². The molecular weight excluding hydrogens is 250 g/mol. The maximum atomic E-state index is 11.5. The molecule has 0 aliphatic carbocycles. The number of fused-ring (bicyclic) bond motifs is 1. The van der Waals surface area contributed by atoms with Crippen molar-refractivity contribution in [3.63, 3.8) is 0 Å². The number of hydrogen-bond acceptors (Lipinski definition) is 2. The smallest absolute Gasteiger partial charge is 0.152 e. The van der Waals surface area contributed by atoms with Crippen LogP contribution in [0.5, 0.6) is 5.75 Å². The molecule has 100 valence electrons. The Labute approximate surface area is 117 Å². The number of hydrogen-bond donors (Lipinski definition) is 1. The van der Waals surface area contributed by atoms with Crippen LogP contribution in [0.3, 0.4) is 0 Å². The molecule has 0 amide bonds. The summed E-state index contributed by atoms with van der Waals surface area (Å²) in [7, 11) is 1.63. The van der Waals surface area contributed by atoms with E-state index in [-0.39, 0.29) is 0 Å². The number of para-hydroxylation sites is 1. The molecule has 1 N–H and O–H groups in total. The van der Waals surface area contributed by atoms with E-state index in [1.54, 1.807) is 7.11 Å². The minimum absolute atomic E-state index is 0.669. The predicted octanol–water partition coefficient (Wildman–Crippen LogP) is 3.96. The molecule has 0 aliphatic rings. The average Bonchev–Trinajstić information content (AvgIpc) is 2.86. The van der Waals surface area contributed by atoms with E-state index in [0.717, 1.165) is 34.2 Å². The van der Waals surface area contributed by atoms with Crippen LogP contribution in [0, 0.1) is 6.92 Å². The van der Waals surface area contributed by atoms with Crippen LogP contribution in [-0.2, 0) is 0 Å². The van der Waals surface area contributed by atoms with E-state index in [1.807, 2.05) is 49.4 Å². The lowest BCUT2D eigenvalue weighted by Crippen LogP contribution is -1.84. The highest BCUT2D eigenvalue weighted by Crippen LogP contribution is 2.33. The summed E-state index contributed by atoms with van der Waals surface area (Å²) in [5.41, 5.74) is 4.54. The standard InChI is InChI=1S/C17H15NO2/c1-11-6-8-12(9-7-11)16-14(10-19)13-4-3-5-15(20-2)17(13)18-16/h3-10,18H,1-2H3. The summed E-state index contributed by atoms with van der Waals surface area (Å²) >= 11 is 0. The highest BCUT2D eigenvalue weighted by Gasteiger charge is 2.14. The lowest BCUT2D eigenvalue weighted by atomic mass is 10.0. The van der Waals surface area contributed by atoms with Crippen molar-refractivity contribution < 1.29 is 9.53 Å². The molecule has 1 aromatic heterocycles. The van der Waals surface area contributed by atoms with E-state index in [4.69, 9.17) is 4.74 Å². The largest absolute Gasteiger partial charge is 0.495 e. The van der Waals surface area contributed by atoms with Crippen LogP contribution < -0.4 is 4.74 Å². The molecule has 0 atom stereocenters. The van der Waals surface area contributed by atoms with Gasteiger partial charge in [-0.15, -0.1) is 0 Å². The SMILES string of the molecule is COc1cccc2c(C=O)c(-c3ccc(C)cc3)[nH]c12. The molecule has 3 heteroatoms. The molecule has 0 spiro atoms. The third-order valence-electron chi connectivity index (χ3n) is 3.51. The summed E-state index contributed by atoms with van der Waals surface area (Å²) in [6.45, 7) is 2.04. The molecule has 3 rings (SSSR count). The Hall–Kier alpha value is -2.55. The minimum atomic E-state index is 0.669. The highest BCUT2D eigenvalue weighted by molar-refractivity contribution is 6.06. The third-order valence-corrected chi connectivity index (χ3v) is 3.51. The highest BCUT2D eigenvalue weighted by atomic mass is 16.5. The van der Waals surface area contributed by atoms with Crippen LogP contribution >= 0.6 is 0 Å². The molecule has 0 saturated carbocycles. The Morgan fingerprint density at radius 2 is 1.85 bits per heavy atom. The Morgan fingerprint density at radius 3 is 2.50 bits per heavy atom. The molecule has 0 unspecified atom stereocenters. The number of carbonyl (C=O) groups is 1. The van der Waals surface area contributed by atoms with Crippen molar-refractivity contribution in [2.24, 2.45) is 0 Å². The van der Waals surface area contributed by atoms with Gasteiger partial charge in [-0.3, -0.25) is 4.79 Å². The number of aldehydes is 1. The van der Waals surface area contributed by atoms with Crippen LogP contribution in [-0.4, -0.2) is 18.4 Å². The maximum Gasteiger partial charge on any atom is 0.152 e. The molecule has 0 bridgehead atoms.